The van der Waals surface area contributed by atoms with Crippen LogP contribution >= 0.6 is 0 Å². The first-order valence-electron chi connectivity index (χ1n) is 7.64. The highest BCUT2D eigenvalue weighted by molar-refractivity contribution is 5.96. The number of aromatic nitrogens is 2. The van der Waals surface area contributed by atoms with Gasteiger partial charge in [-0.3, -0.25) is 4.79 Å². The van der Waals surface area contributed by atoms with Crippen LogP contribution in [0.2, 0.25) is 0 Å². The molecule has 2 aromatic rings. The standard InChI is InChI=1S/C17H22N4O/c1-12-4-5-14(13(2)10-12)17(22)21-9-6-18-11-15(21)16-19-7-8-20(16)3/h4-5,7-8,10,15,18H,6,9,11H2,1-3H3. The van der Waals surface area contributed by atoms with Gasteiger partial charge in [0.2, 0.25) is 0 Å². The first-order valence-corrected chi connectivity index (χ1v) is 7.64. The Morgan fingerprint density at radius 1 is 1.36 bits per heavy atom. The van der Waals surface area contributed by atoms with Crippen LogP contribution in [0.4, 0.5) is 0 Å². The summed E-state index contributed by atoms with van der Waals surface area (Å²) in [5.41, 5.74) is 2.99. The number of carbonyl (C=O) groups excluding carboxylic acids is 1. The van der Waals surface area contributed by atoms with E-state index in [9.17, 15) is 4.79 Å². The van der Waals surface area contributed by atoms with E-state index in [1.807, 2.05) is 48.7 Å². The lowest BCUT2D eigenvalue weighted by Gasteiger charge is -2.36. The maximum atomic E-state index is 13.0. The van der Waals surface area contributed by atoms with Crippen LogP contribution in [-0.2, 0) is 7.05 Å². The largest absolute Gasteiger partial charge is 0.336 e. The third kappa shape index (κ3) is 2.64. The first-order chi connectivity index (χ1) is 10.6. The minimum absolute atomic E-state index is 0.0260. The van der Waals surface area contributed by atoms with Crippen molar-refractivity contribution in [2.75, 3.05) is 19.6 Å². The molecule has 116 valence electrons. The molecule has 1 aliphatic heterocycles. The molecule has 1 aromatic heterocycles. The van der Waals surface area contributed by atoms with Gasteiger partial charge < -0.3 is 14.8 Å². The highest BCUT2D eigenvalue weighted by atomic mass is 16.2. The third-order valence-corrected chi connectivity index (χ3v) is 4.27. The van der Waals surface area contributed by atoms with Crippen LogP contribution in [0.3, 0.4) is 0 Å². The number of nitrogens with zero attached hydrogens (tertiary/aromatic N) is 3. The number of aryl methyl sites for hydroxylation is 3. The fourth-order valence-electron chi connectivity index (χ4n) is 3.08. The molecule has 1 aliphatic rings. The summed E-state index contributed by atoms with van der Waals surface area (Å²) in [6.07, 6.45) is 3.70. The van der Waals surface area contributed by atoms with Crippen LogP contribution in [0, 0.1) is 13.8 Å². The van der Waals surface area contributed by atoms with Crippen molar-refractivity contribution in [3.63, 3.8) is 0 Å². The molecule has 1 atom stereocenters. The zero-order valence-corrected chi connectivity index (χ0v) is 13.3. The van der Waals surface area contributed by atoms with E-state index in [1.165, 1.54) is 5.56 Å². The number of hydrogen-bond donors (Lipinski definition) is 1. The topological polar surface area (TPSA) is 50.2 Å². The number of hydrogen-bond acceptors (Lipinski definition) is 3. The molecule has 1 saturated heterocycles. The number of benzene rings is 1. The molecule has 0 spiro atoms. The van der Waals surface area contributed by atoms with Gasteiger partial charge in [-0.05, 0) is 25.5 Å². The maximum Gasteiger partial charge on any atom is 0.254 e. The Morgan fingerprint density at radius 3 is 2.86 bits per heavy atom. The van der Waals surface area contributed by atoms with Crippen LogP contribution in [0.1, 0.15) is 33.4 Å². The maximum absolute atomic E-state index is 13.0. The SMILES string of the molecule is Cc1ccc(C(=O)N2CCNCC2c2nccn2C)c(C)c1. The van der Waals surface area contributed by atoms with Crippen LogP contribution < -0.4 is 5.32 Å². The Hall–Kier alpha value is -2.14. The smallest absolute Gasteiger partial charge is 0.254 e. The lowest BCUT2D eigenvalue weighted by Crippen LogP contribution is -2.49. The quantitative estimate of drug-likeness (QED) is 0.920. The first kappa shape index (κ1) is 14.8. The van der Waals surface area contributed by atoms with Gasteiger partial charge in [-0.15, -0.1) is 0 Å². The molecule has 1 fully saturated rings. The Bertz CT molecular complexity index is 692. The van der Waals surface area contributed by atoms with Crippen molar-refractivity contribution in [1.29, 1.82) is 0 Å². The number of amides is 1. The van der Waals surface area contributed by atoms with E-state index in [0.717, 1.165) is 30.0 Å². The highest BCUT2D eigenvalue weighted by Gasteiger charge is 2.31. The molecule has 22 heavy (non-hydrogen) atoms. The lowest BCUT2D eigenvalue weighted by atomic mass is 10.0. The lowest BCUT2D eigenvalue weighted by molar-refractivity contribution is 0.0620. The summed E-state index contributed by atoms with van der Waals surface area (Å²) >= 11 is 0. The summed E-state index contributed by atoms with van der Waals surface area (Å²) < 4.78 is 1.99. The van der Waals surface area contributed by atoms with Gasteiger partial charge in [0, 0.05) is 44.6 Å². The van der Waals surface area contributed by atoms with Gasteiger partial charge in [-0.2, -0.15) is 0 Å². The molecule has 5 heteroatoms. The number of piperazine rings is 1. The van der Waals surface area contributed by atoms with Gasteiger partial charge in [0.05, 0.1) is 0 Å². The molecular formula is C17H22N4O. The van der Waals surface area contributed by atoms with Crippen molar-refractivity contribution in [2.45, 2.75) is 19.9 Å². The van der Waals surface area contributed by atoms with Gasteiger partial charge in [0.1, 0.15) is 11.9 Å². The molecule has 5 nitrogen and oxygen atoms in total. The average Bonchev–Trinajstić information content (AvgIpc) is 2.93. The molecule has 0 aliphatic carbocycles. The molecule has 0 saturated carbocycles. The van der Waals surface area contributed by atoms with E-state index in [0.29, 0.717) is 6.54 Å². The van der Waals surface area contributed by atoms with E-state index in [2.05, 4.69) is 16.4 Å². The van der Waals surface area contributed by atoms with Crippen LogP contribution in [-0.4, -0.2) is 40.0 Å². The van der Waals surface area contributed by atoms with Gasteiger partial charge in [0.15, 0.2) is 0 Å². The summed E-state index contributed by atoms with van der Waals surface area (Å²) in [6, 6.07) is 5.97. The fourth-order valence-corrected chi connectivity index (χ4v) is 3.08. The van der Waals surface area contributed by atoms with Gasteiger partial charge >= 0.3 is 0 Å². The molecule has 3 rings (SSSR count). The second kappa shape index (κ2) is 5.93. The molecule has 2 heterocycles. The van der Waals surface area contributed by atoms with Crippen LogP contribution in [0.5, 0.6) is 0 Å². The summed E-state index contributed by atoms with van der Waals surface area (Å²) in [6.45, 7) is 6.30. The zero-order valence-electron chi connectivity index (χ0n) is 13.3. The number of imidazole rings is 1. The minimum atomic E-state index is -0.0260. The molecule has 1 amide bonds. The Kier molecular flexibility index (Phi) is 3.98. The van der Waals surface area contributed by atoms with Crippen LogP contribution in [0.25, 0.3) is 0 Å². The predicted octanol–water partition coefficient (Wildman–Crippen LogP) is 1.82. The summed E-state index contributed by atoms with van der Waals surface area (Å²) in [4.78, 5) is 19.4. The van der Waals surface area contributed by atoms with E-state index in [1.54, 1.807) is 6.20 Å². The molecule has 1 aromatic carbocycles. The molecular weight excluding hydrogens is 276 g/mol. The molecule has 0 bridgehead atoms. The van der Waals surface area contributed by atoms with Crippen molar-refractivity contribution >= 4 is 5.91 Å². The van der Waals surface area contributed by atoms with Gasteiger partial charge in [-0.25, -0.2) is 4.98 Å². The van der Waals surface area contributed by atoms with Crippen LogP contribution in [0.15, 0.2) is 30.6 Å². The normalized spacial score (nSPS) is 18.5. The number of carbonyl (C=O) groups is 1. The molecule has 1 unspecified atom stereocenters. The van der Waals surface area contributed by atoms with E-state index < -0.39 is 0 Å². The second-order valence-corrected chi connectivity index (χ2v) is 5.93. The predicted molar refractivity (Wildman–Crippen MR) is 85.8 cm³/mol. The van der Waals surface area contributed by atoms with Gasteiger partial charge in [0.25, 0.3) is 5.91 Å². The highest BCUT2D eigenvalue weighted by Crippen LogP contribution is 2.24. The van der Waals surface area contributed by atoms with Crippen molar-refractivity contribution in [2.24, 2.45) is 7.05 Å². The van der Waals surface area contributed by atoms with Gasteiger partial charge in [-0.1, -0.05) is 17.7 Å². The third-order valence-electron chi connectivity index (χ3n) is 4.27. The Balaban J connectivity index is 1.93. The van der Waals surface area contributed by atoms with Crippen molar-refractivity contribution < 1.29 is 4.79 Å². The number of rotatable bonds is 2. The van der Waals surface area contributed by atoms with Crippen molar-refractivity contribution in [3.8, 4) is 0 Å². The number of nitrogens with one attached hydrogen (secondary N) is 1. The summed E-state index contributed by atoms with van der Waals surface area (Å²) in [5.74, 6) is 1.01. The monoisotopic (exact) mass is 298 g/mol. The van der Waals surface area contributed by atoms with Crippen molar-refractivity contribution in [1.82, 2.24) is 19.8 Å². The Labute approximate surface area is 131 Å². The van der Waals surface area contributed by atoms with E-state index in [-0.39, 0.29) is 11.9 Å². The fraction of sp³-hybridized carbons (Fsp3) is 0.412. The summed E-state index contributed by atoms with van der Waals surface area (Å²) in [7, 11) is 1.97. The van der Waals surface area contributed by atoms with Crippen molar-refractivity contribution in [3.05, 3.63) is 53.1 Å². The van der Waals surface area contributed by atoms with E-state index >= 15 is 0 Å². The summed E-state index contributed by atoms with van der Waals surface area (Å²) in [5, 5.41) is 3.36. The Morgan fingerprint density at radius 2 is 2.18 bits per heavy atom. The molecule has 0 radical (unpaired) electrons. The zero-order chi connectivity index (χ0) is 15.7. The second-order valence-electron chi connectivity index (χ2n) is 5.93. The average molecular weight is 298 g/mol. The van der Waals surface area contributed by atoms with E-state index in [4.69, 9.17) is 0 Å². The molecule has 1 N–H and O–H groups in total. The minimum Gasteiger partial charge on any atom is -0.336 e.